The molecule has 7 nitrogen and oxygen atoms in total. The number of nitrogens with two attached hydrogens (primary N) is 1. The van der Waals surface area contributed by atoms with Gasteiger partial charge in [-0.3, -0.25) is 14.9 Å². The van der Waals surface area contributed by atoms with Crippen molar-refractivity contribution in [1.29, 1.82) is 0 Å². The Morgan fingerprint density at radius 1 is 1.36 bits per heavy atom. The molecule has 1 heterocycles. The lowest BCUT2D eigenvalue weighted by Crippen LogP contribution is -2.30. The summed E-state index contributed by atoms with van der Waals surface area (Å²) in [5, 5.41) is 13.5. The van der Waals surface area contributed by atoms with Crippen LogP contribution in [0.4, 0.5) is 11.6 Å². The van der Waals surface area contributed by atoms with Crippen molar-refractivity contribution in [1.82, 2.24) is 5.32 Å². The Balaban J connectivity index is 1.79. The second-order valence-corrected chi connectivity index (χ2v) is 5.27. The summed E-state index contributed by atoms with van der Waals surface area (Å²) in [5.74, 6) is -0.959. The number of hydrogen-bond donors (Lipinski definition) is 2. The van der Waals surface area contributed by atoms with Gasteiger partial charge in [0.1, 0.15) is 4.92 Å². The molecule has 0 fully saturated rings. The van der Waals surface area contributed by atoms with E-state index in [1.54, 1.807) is 6.07 Å². The molecular formula is C15H15N3O4. The van der Waals surface area contributed by atoms with Gasteiger partial charge in [-0.05, 0) is 48.6 Å². The standard InChI is InChI=1S/C15H15N3O4/c16-10-4-5-11-9(8-10)2-1-3-12(11)17-15(19)13-6-7-14(22-13)18(20)21/h4-8,12H,1-3,16H2,(H,17,19). The van der Waals surface area contributed by atoms with E-state index in [-0.39, 0.29) is 11.8 Å². The molecule has 0 radical (unpaired) electrons. The highest BCUT2D eigenvalue weighted by molar-refractivity contribution is 5.92. The average Bonchev–Trinajstić information content (AvgIpc) is 2.97. The van der Waals surface area contributed by atoms with Crippen molar-refractivity contribution in [2.45, 2.75) is 25.3 Å². The number of nitro groups is 1. The molecular weight excluding hydrogens is 286 g/mol. The fraction of sp³-hybridized carbons (Fsp3) is 0.267. The van der Waals surface area contributed by atoms with Gasteiger partial charge in [0.2, 0.25) is 0 Å². The first-order valence-corrected chi connectivity index (χ1v) is 6.98. The van der Waals surface area contributed by atoms with Gasteiger partial charge in [-0.1, -0.05) is 6.07 Å². The van der Waals surface area contributed by atoms with Crippen molar-refractivity contribution in [2.24, 2.45) is 0 Å². The Labute approximate surface area is 126 Å². The van der Waals surface area contributed by atoms with Gasteiger partial charge in [0.25, 0.3) is 5.91 Å². The van der Waals surface area contributed by atoms with Crippen molar-refractivity contribution in [2.75, 3.05) is 5.73 Å². The smallest absolute Gasteiger partial charge is 0.399 e. The third-order valence-electron chi connectivity index (χ3n) is 3.78. The van der Waals surface area contributed by atoms with Crippen molar-refractivity contribution in [3.63, 3.8) is 0 Å². The normalized spacial score (nSPS) is 16.8. The molecule has 0 bridgehead atoms. The van der Waals surface area contributed by atoms with Crippen molar-refractivity contribution in [3.8, 4) is 0 Å². The third-order valence-corrected chi connectivity index (χ3v) is 3.78. The van der Waals surface area contributed by atoms with Crippen LogP contribution in [0.1, 0.15) is 40.6 Å². The van der Waals surface area contributed by atoms with Crippen LogP contribution in [0.15, 0.2) is 34.7 Å². The predicted octanol–water partition coefficient (Wildman–Crippen LogP) is 2.58. The predicted molar refractivity (Wildman–Crippen MR) is 79.4 cm³/mol. The summed E-state index contributed by atoms with van der Waals surface area (Å²) in [6.07, 6.45) is 2.68. The van der Waals surface area contributed by atoms with Crippen LogP contribution in [0, 0.1) is 10.1 Å². The van der Waals surface area contributed by atoms with Crippen LogP contribution in [0.2, 0.25) is 0 Å². The van der Waals surface area contributed by atoms with E-state index in [2.05, 4.69) is 5.32 Å². The van der Waals surface area contributed by atoms with Gasteiger partial charge in [0, 0.05) is 5.69 Å². The van der Waals surface area contributed by atoms with E-state index < -0.39 is 16.7 Å². The first kappa shape index (κ1) is 14.1. The van der Waals surface area contributed by atoms with Crippen LogP contribution >= 0.6 is 0 Å². The van der Waals surface area contributed by atoms with Gasteiger partial charge in [-0.2, -0.15) is 0 Å². The quantitative estimate of drug-likeness (QED) is 0.514. The number of hydrogen-bond acceptors (Lipinski definition) is 5. The van der Waals surface area contributed by atoms with Crippen molar-refractivity contribution < 1.29 is 14.1 Å². The number of rotatable bonds is 3. The molecule has 7 heteroatoms. The Hall–Kier alpha value is -2.83. The van der Waals surface area contributed by atoms with Crippen LogP contribution in [-0.4, -0.2) is 10.8 Å². The first-order valence-electron chi connectivity index (χ1n) is 6.98. The van der Waals surface area contributed by atoms with E-state index in [9.17, 15) is 14.9 Å². The van der Waals surface area contributed by atoms with E-state index >= 15 is 0 Å². The molecule has 1 unspecified atom stereocenters. The molecule has 1 aliphatic carbocycles. The highest BCUT2D eigenvalue weighted by Gasteiger charge is 2.24. The number of benzene rings is 1. The average molecular weight is 301 g/mol. The number of fused-ring (bicyclic) bond motifs is 1. The number of nitrogens with one attached hydrogen (secondary N) is 1. The van der Waals surface area contributed by atoms with Gasteiger partial charge in [-0.15, -0.1) is 0 Å². The zero-order valence-electron chi connectivity index (χ0n) is 11.7. The van der Waals surface area contributed by atoms with Crippen LogP contribution < -0.4 is 11.1 Å². The number of furan rings is 1. The SMILES string of the molecule is Nc1ccc2c(c1)CCCC2NC(=O)c1ccc([N+](=O)[O-])o1. The Morgan fingerprint density at radius 3 is 2.91 bits per heavy atom. The minimum atomic E-state index is -0.671. The molecule has 22 heavy (non-hydrogen) atoms. The number of aryl methyl sites for hydroxylation is 1. The van der Waals surface area contributed by atoms with Gasteiger partial charge in [0.05, 0.1) is 12.1 Å². The summed E-state index contributed by atoms with van der Waals surface area (Å²) in [6.45, 7) is 0. The number of nitrogen functional groups attached to an aromatic ring is 1. The largest absolute Gasteiger partial charge is 0.433 e. The van der Waals surface area contributed by atoms with E-state index in [0.717, 1.165) is 30.4 Å². The van der Waals surface area contributed by atoms with Gasteiger partial charge >= 0.3 is 5.88 Å². The second kappa shape index (κ2) is 5.51. The van der Waals surface area contributed by atoms with Gasteiger partial charge in [0.15, 0.2) is 5.76 Å². The molecule has 0 saturated heterocycles. The molecule has 3 N–H and O–H groups in total. The zero-order chi connectivity index (χ0) is 15.7. The number of anilines is 1. The third kappa shape index (κ3) is 2.65. The summed E-state index contributed by atoms with van der Waals surface area (Å²) in [5.41, 5.74) is 8.65. The Morgan fingerprint density at radius 2 is 2.18 bits per heavy atom. The topological polar surface area (TPSA) is 111 Å². The van der Waals surface area contributed by atoms with E-state index in [1.165, 1.54) is 12.1 Å². The molecule has 3 rings (SSSR count). The highest BCUT2D eigenvalue weighted by Crippen LogP contribution is 2.31. The van der Waals surface area contributed by atoms with Gasteiger partial charge in [-0.25, -0.2) is 0 Å². The highest BCUT2D eigenvalue weighted by atomic mass is 16.6. The minimum absolute atomic E-state index is 0.0609. The Kier molecular flexibility index (Phi) is 3.54. The van der Waals surface area contributed by atoms with E-state index in [1.807, 2.05) is 12.1 Å². The van der Waals surface area contributed by atoms with E-state index in [0.29, 0.717) is 5.69 Å². The molecule has 0 aliphatic heterocycles. The zero-order valence-corrected chi connectivity index (χ0v) is 11.7. The summed E-state index contributed by atoms with van der Waals surface area (Å²) in [4.78, 5) is 22.1. The van der Waals surface area contributed by atoms with Crippen LogP contribution in [-0.2, 0) is 6.42 Å². The summed E-state index contributed by atoms with van der Waals surface area (Å²) >= 11 is 0. The van der Waals surface area contributed by atoms with Crippen LogP contribution in [0.25, 0.3) is 0 Å². The van der Waals surface area contributed by atoms with Crippen LogP contribution in [0.3, 0.4) is 0 Å². The molecule has 1 aromatic heterocycles. The summed E-state index contributed by atoms with van der Waals surface area (Å²) < 4.78 is 4.92. The number of carbonyl (C=O) groups is 1. The fourth-order valence-corrected chi connectivity index (χ4v) is 2.76. The molecule has 1 aromatic carbocycles. The first-order chi connectivity index (χ1) is 10.5. The molecule has 1 amide bonds. The number of amides is 1. The minimum Gasteiger partial charge on any atom is -0.399 e. The maximum atomic E-state index is 12.2. The lowest BCUT2D eigenvalue weighted by molar-refractivity contribution is -0.402. The van der Waals surface area contributed by atoms with Gasteiger partial charge < -0.3 is 15.5 Å². The summed E-state index contributed by atoms with van der Waals surface area (Å²) in [6, 6.07) is 7.98. The lowest BCUT2D eigenvalue weighted by atomic mass is 9.87. The summed E-state index contributed by atoms with van der Waals surface area (Å²) in [7, 11) is 0. The monoisotopic (exact) mass is 301 g/mol. The number of carbonyl (C=O) groups excluding carboxylic acids is 1. The van der Waals surface area contributed by atoms with Crippen LogP contribution in [0.5, 0.6) is 0 Å². The maximum Gasteiger partial charge on any atom is 0.433 e. The molecule has 1 aliphatic rings. The lowest BCUT2D eigenvalue weighted by Gasteiger charge is -2.26. The molecule has 0 spiro atoms. The van der Waals surface area contributed by atoms with Crippen molar-refractivity contribution in [3.05, 3.63) is 57.3 Å². The van der Waals surface area contributed by atoms with Crippen molar-refractivity contribution >= 4 is 17.5 Å². The number of nitrogens with zero attached hydrogens (tertiary/aromatic N) is 1. The maximum absolute atomic E-state index is 12.2. The fourth-order valence-electron chi connectivity index (χ4n) is 2.76. The molecule has 0 saturated carbocycles. The molecule has 114 valence electrons. The molecule has 1 atom stereocenters. The Bertz CT molecular complexity index is 738. The molecule has 2 aromatic rings. The second-order valence-electron chi connectivity index (χ2n) is 5.27. The van der Waals surface area contributed by atoms with E-state index in [4.69, 9.17) is 10.2 Å².